The van der Waals surface area contributed by atoms with Gasteiger partial charge in [0.25, 0.3) is 5.91 Å². The molecule has 1 aliphatic rings. The summed E-state index contributed by atoms with van der Waals surface area (Å²) in [6, 6.07) is 2.74. The topological polar surface area (TPSA) is 59.2 Å². The molecular weight excluding hydrogens is 269 g/mol. The molecule has 19 heavy (non-hydrogen) atoms. The van der Waals surface area contributed by atoms with Gasteiger partial charge >= 0.3 is 0 Å². The molecule has 1 aromatic rings. The van der Waals surface area contributed by atoms with E-state index in [1.54, 1.807) is 4.90 Å². The third-order valence-corrected chi connectivity index (χ3v) is 3.46. The Bertz CT molecular complexity index is 426. The molecule has 0 aliphatic carbocycles. The van der Waals surface area contributed by atoms with E-state index in [4.69, 9.17) is 5.73 Å². The van der Waals surface area contributed by atoms with Crippen molar-refractivity contribution in [3.63, 3.8) is 0 Å². The van der Waals surface area contributed by atoms with Crippen molar-refractivity contribution in [2.45, 2.75) is 25.8 Å². The Kier molecular flexibility index (Phi) is 5.69. The normalized spacial score (nSPS) is 22.8. The van der Waals surface area contributed by atoms with Gasteiger partial charge in [-0.2, -0.15) is 0 Å². The average molecular weight is 288 g/mol. The zero-order valence-corrected chi connectivity index (χ0v) is 11.7. The fraction of sp³-hybridized carbons (Fsp3) is 0.538. The number of halogens is 2. The van der Waals surface area contributed by atoms with Crippen LogP contribution in [0.2, 0.25) is 0 Å². The van der Waals surface area contributed by atoms with Crippen LogP contribution in [0.1, 0.15) is 30.3 Å². The van der Waals surface area contributed by atoms with Gasteiger partial charge in [0.2, 0.25) is 0 Å². The smallest absolute Gasteiger partial charge is 0.272 e. The third kappa shape index (κ3) is 3.64. The molecule has 1 fully saturated rings. The monoisotopic (exact) mass is 287 g/mol. The lowest BCUT2D eigenvalue weighted by atomic mass is 9.92. The van der Waals surface area contributed by atoms with Crippen LogP contribution < -0.4 is 5.73 Å². The zero-order chi connectivity index (χ0) is 13.1. The SMILES string of the molecule is CC1CCN(C(=O)c2ccc(F)cn2)C(CN)C1.Cl. The molecule has 0 aromatic carbocycles. The number of nitrogens with two attached hydrogens (primary N) is 1. The molecule has 1 aliphatic heterocycles. The van der Waals surface area contributed by atoms with E-state index in [1.807, 2.05) is 0 Å². The predicted molar refractivity (Wildman–Crippen MR) is 73.7 cm³/mol. The fourth-order valence-corrected chi connectivity index (χ4v) is 2.39. The standard InChI is InChI=1S/C13H18FN3O.ClH/c1-9-4-5-17(11(6-9)7-15)13(18)12-3-2-10(14)8-16-12;/h2-3,8-9,11H,4-7,15H2,1H3;1H. The molecule has 2 heterocycles. The number of aromatic nitrogens is 1. The van der Waals surface area contributed by atoms with Gasteiger partial charge < -0.3 is 10.6 Å². The van der Waals surface area contributed by atoms with Crippen molar-refractivity contribution in [3.05, 3.63) is 29.8 Å². The van der Waals surface area contributed by atoms with Gasteiger partial charge in [0.1, 0.15) is 11.5 Å². The van der Waals surface area contributed by atoms with E-state index in [-0.39, 0.29) is 30.0 Å². The molecule has 2 N–H and O–H groups in total. The minimum atomic E-state index is -0.436. The lowest BCUT2D eigenvalue weighted by molar-refractivity contribution is 0.0567. The van der Waals surface area contributed by atoms with Crippen molar-refractivity contribution < 1.29 is 9.18 Å². The summed E-state index contributed by atoms with van der Waals surface area (Å²) < 4.78 is 12.8. The van der Waals surface area contributed by atoms with E-state index in [1.165, 1.54) is 12.1 Å². The molecule has 2 atom stereocenters. The lowest BCUT2D eigenvalue weighted by Crippen LogP contribution is -2.49. The van der Waals surface area contributed by atoms with Crippen molar-refractivity contribution in [1.29, 1.82) is 0 Å². The summed E-state index contributed by atoms with van der Waals surface area (Å²) in [5, 5.41) is 0. The van der Waals surface area contributed by atoms with E-state index < -0.39 is 5.82 Å². The first-order chi connectivity index (χ1) is 8.61. The van der Waals surface area contributed by atoms with E-state index in [2.05, 4.69) is 11.9 Å². The van der Waals surface area contributed by atoms with Gasteiger partial charge in [0.15, 0.2) is 0 Å². The van der Waals surface area contributed by atoms with Crippen molar-refractivity contribution >= 4 is 18.3 Å². The summed E-state index contributed by atoms with van der Waals surface area (Å²) in [4.78, 5) is 17.9. The van der Waals surface area contributed by atoms with Gasteiger partial charge in [0.05, 0.1) is 6.20 Å². The molecule has 0 bridgehead atoms. The Labute approximate surface area is 118 Å². The highest BCUT2D eigenvalue weighted by Crippen LogP contribution is 2.23. The molecule has 1 amide bonds. The number of likely N-dealkylation sites (tertiary alicyclic amines) is 1. The maximum atomic E-state index is 12.8. The third-order valence-electron chi connectivity index (χ3n) is 3.46. The molecular formula is C13H19ClFN3O. The Morgan fingerprint density at radius 2 is 2.32 bits per heavy atom. The quantitative estimate of drug-likeness (QED) is 0.903. The maximum absolute atomic E-state index is 12.8. The van der Waals surface area contributed by atoms with Crippen LogP contribution in [-0.2, 0) is 0 Å². The second-order valence-corrected chi connectivity index (χ2v) is 4.88. The number of piperidine rings is 1. The molecule has 0 spiro atoms. The van der Waals surface area contributed by atoms with E-state index in [0.29, 0.717) is 19.0 Å². The van der Waals surface area contributed by atoms with Gasteiger partial charge in [0, 0.05) is 19.1 Å². The largest absolute Gasteiger partial charge is 0.333 e. The molecule has 2 unspecified atom stereocenters. The number of hydrogen-bond donors (Lipinski definition) is 1. The Morgan fingerprint density at radius 1 is 1.58 bits per heavy atom. The first-order valence-electron chi connectivity index (χ1n) is 6.24. The Hall–Kier alpha value is -1.20. The Morgan fingerprint density at radius 3 is 2.89 bits per heavy atom. The van der Waals surface area contributed by atoms with Crippen LogP contribution in [0.15, 0.2) is 18.3 Å². The van der Waals surface area contributed by atoms with Crippen LogP contribution in [0.25, 0.3) is 0 Å². The van der Waals surface area contributed by atoms with Gasteiger partial charge in [-0.05, 0) is 30.9 Å². The summed E-state index contributed by atoms with van der Waals surface area (Å²) in [7, 11) is 0. The van der Waals surface area contributed by atoms with Crippen molar-refractivity contribution in [2.24, 2.45) is 11.7 Å². The van der Waals surface area contributed by atoms with Gasteiger partial charge in [-0.25, -0.2) is 9.37 Å². The average Bonchev–Trinajstić information content (AvgIpc) is 2.38. The molecule has 0 radical (unpaired) electrons. The van der Waals surface area contributed by atoms with Gasteiger partial charge in [-0.15, -0.1) is 12.4 Å². The van der Waals surface area contributed by atoms with Crippen LogP contribution in [0.5, 0.6) is 0 Å². The van der Waals surface area contributed by atoms with Crippen LogP contribution in [0.4, 0.5) is 4.39 Å². The number of carbonyl (C=O) groups is 1. The van der Waals surface area contributed by atoms with Crippen molar-refractivity contribution in [3.8, 4) is 0 Å². The van der Waals surface area contributed by atoms with Crippen molar-refractivity contribution in [1.82, 2.24) is 9.88 Å². The second-order valence-electron chi connectivity index (χ2n) is 4.88. The molecule has 106 valence electrons. The summed E-state index contributed by atoms with van der Waals surface area (Å²) in [5.74, 6) is -0.00433. The van der Waals surface area contributed by atoms with Crippen LogP contribution >= 0.6 is 12.4 Å². The number of nitrogens with zero attached hydrogens (tertiary/aromatic N) is 2. The number of pyridine rings is 1. The van der Waals surface area contributed by atoms with E-state index >= 15 is 0 Å². The zero-order valence-electron chi connectivity index (χ0n) is 10.9. The highest BCUT2D eigenvalue weighted by Gasteiger charge is 2.29. The van der Waals surface area contributed by atoms with E-state index in [9.17, 15) is 9.18 Å². The summed E-state index contributed by atoms with van der Waals surface area (Å²) in [6.07, 6.45) is 2.96. The van der Waals surface area contributed by atoms with Crippen LogP contribution in [-0.4, -0.2) is 34.9 Å². The van der Waals surface area contributed by atoms with Gasteiger partial charge in [-0.3, -0.25) is 4.79 Å². The predicted octanol–water partition coefficient (Wildman–Crippen LogP) is 1.84. The van der Waals surface area contributed by atoms with Crippen LogP contribution in [0.3, 0.4) is 0 Å². The summed E-state index contributed by atoms with van der Waals surface area (Å²) in [5.41, 5.74) is 6.00. The Balaban J connectivity index is 0.00000180. The van der Waals surface area contributed by atoms with E-state index in [0.717, 1.165) is 19.0 Å². The molecule has 1 aromatic heterocycles. The molecule has 0 saturated carbocycles. The van der Waals surface area contributed by atoms with Crippen molar-refractivity contribution in [2.75, 3.05) is 13.1 Å². The summed E-state index contributed by atoms with van der Waals surface area (Å²) in [6.45, 7) is 3.32. The first kappa shape index (κ1) is 15.9. The number of rotatable bonds is 2. The van der Waals surface area contributed by atoms with Gasteiger partial charge in [-0.1, -0.05) is 6.92 Å². The van der Waals surface area contributed by atoms with Crippen LogP contribution in [0, 0.1) is 11.7 Å². The number of carbonyl (C=O) groups excluding carboxylic acids is 1. The maximum Gasteiger partial charge on any atom is 0.272 e. The number of hydrogen-bond acceptors (Lipinski definition) is 3. The minimum absolute atomic E-state index is 0. The first-order valence-corrected chi connectivity index (χ1v) is 6.24. The molecule has 1 saturated heterocycles. The molecule has 4 nitrogen and oxygen atoms in total. The minimum Gasteiger partial charge on any atom is -0.333 e. The summed E-state index contributed by atoms with van der Waals surface area (Å²) >= 11 is 0. The molecule has 6 heteroatoms. The highest BCUT2D eigenvalue weighted by molar-refractivity contribution is 5.92. The second kappa shape index (κ2) is 6.82. The fourth-order valence-electron chi connectivity index (χ4n) is 2.39. The number of amides is 1. The highest BCUT2D eigenvalue weighted by atomic mass is 35.5. The molecule has 2 rings (SSSR count). The lowest BCUT2D eigenvalue weighted by Gasteiger charge is -2.37.